The number of halogens is 3. The Hall–Kier alpha value is -2.23. The summed E-state index contributed by atoms with van der Waals surface area (Å²) in [4.78, 5) is 7.19. The number of hydrogen-bond donors (Lipinski definition) is 3. The van der Waals surface area contributed by atoms with Crippen molar-refractivity contribution in [2.45, 2.75) is 30.5 Å². The summed E-state index contributed by atoms with van der Waals surface area (Å²) in [5.74, 6) is -0.308. The summed E-state index contributed by atoms with van der Waals surface area (Å²) in [6.45, 7) is -0.0949. The van der Waals surface area contributed by atoms with Crippen LogP contribution in [0.2, 0.25) is 0 Å². The molecule has 6 nitrogen and oxygen atoms in total. The Morgan fingerprint density at radius 1 is 1.12 bits per heavy atom. The maximum absolute atomic E-state index is 12.8. The Morgan fingerprint density at radius 3 is 2.52 bits per heavy atom. The van der Waals surface area contributed by atoms with Crippen LogP contribution in [0.3, 0.4) is 0 Å². The minimum absolute atomic E-state index is 0.0949. The zero-order valence-electron chi connectivity index (χ0n) is 12.9. The minimum atomic E-state index is -4.61. The van der Waals surface area contributed by atoms with Gasteiger partial charge in [0, 0.05) is 6.20 Å². The molecule has 3 N–H and O–H groups in total. The summed E-state index contributed by atoms with van der Waals surface area (Å²) in [5, 5.41) is 22.8. The topological polar surface area (TPSA) is 87.5 Å². The molecule has 0 bridgehead atoms. The van der Waals surface area contributed by atoms with Gasteiger partial charge in [0.15, 0.2) is 0 Å². The number of benzene rings is 1. The second-order valence-corrected chi connectivity index (χ2v) is 5.66. The van der Waals surface area contributed by atoms with Gasteiger partial charge in [-0.2, -0.15) is 13.2 Å². The summed E-state index contributed by atoms with van der Waals surface area (Å²) in [6.07, 6.45) is -6.76. The summed E-state index contributed by atoms with van der Waals surface area (Å²) < 4.78 is 44.0. The van der Waals surface area contributed by atoms with Crippen molar-refractivity contribution in [3.05, 3.63) is 53.9 Å². The van der Waals surface area contributed by atoms with E-state index in [1.165, 1.54) is 0 Å². The molecule has 0 spiro atoms. The lowest BCUT2D eigenvalue weighted by Gasteiger charge is -2.39. The van der Waals surface area contributed by atoms with E-state index in [-0.39, 0.29) is 12.6 Å². The zero-order valence-corrected chi connectivity index (χ0v) is 12.9. The second kappa shape index (κ2) is 6.95. The number of anilines is 1. The van der Waals surface area contributed by atoms with Crippen molar-refractivity contribution in [1.82, 2.24) is 9.97 Å². The quantitative estimate of drug-likeness (QED) is 0.778. The molecule has 1 aliphatic heterocycles. The van der Waals surface area contributed by atoms with E-state index in [0.29, 0.717) is 5.56 Å². The van der Waals surface area contributed by atoms with Crippen molar-refractivity contribution in [3.8, 4) is 0 Å². The Labute approximate surface area is 141 Å². The van der Waals surface area contributed by atoms with Gasteiger partial charge in [0.05, 0.1) is 12.6 Å². The van der Waals surface area contributed by atoms with Crippen LogP contribution in [0, 0.1) is 0 Å². The number of alkyl halides is 3. The average molecular weight is 355 g/mol. The van der Waals surface area contributed by atoms with Gasteiger partial charge in [0.25, 0.3) is 0 Å². The molecule has 9 heteroatoms. The van der Waals surface area contributed by atoms with Crippen molar-refractivity contribution in [3.63, 3.8) is 0 Å². The van der Waals surface area contributed by atoms with E-state index in [4.69, 9.17) is 4.74 Å². The summed E-state index contributed by atoms with van der Waals surface area (Å²) in [7, 11) is 0. The molecule has 0 aliphatic carbocycles. The van der Waals surface area contributed by atoms with Crippen LogP contribution in [0.1, 0.15) is 17.4 Å². The van der Waals surface area contributed by atoms with Crippen LogP contribution in [0.5, 0.6) is 0 Å². The molecule has 1 saturated heterocycles. The smallest absolute Gasteiger partial charge is 0.388 e. The van der Waals surface area contributed by atoms with Crippen LogP contribution in [-0.2, 0) is 10.9 Å². The van der Waals surface area contributed by atoms with Gasteiger partial charge < -0.3 is 20.3 Å². The third-order valence-electron chi connectivity index (χ3n) is 3.90. The van der Waals surface area contributed by atoms with Gasteiger partial charge in [-0.3, -0.25) is 0 Å². The van der Waals surface area contributed by atoms with Crippen LogP contribution >= 0.6 is 0 Å². The molecule has 1 fully saturated rings. The molecule has 134 valence electrons. The number of rotatable bonds is 3. The van der Waals surface area contributed by atoms with Crippen molar-refractivity contribution in [1.29, 1.82) is 0 Å². The number of aromatic nitrogens is 2. The third kappa shape index (κ3) is 3.89. The Balaban J connectivity index is 1.89. The largest absolute Gasteiger partial charge is 0.433 e. The number of ether oxygens (including phenoxy) is 1. The van der Waals surface area contributed by atoms with E-state index in [1.54, 1.807) is 30.3 Å². The van der Waals surface area contributed by atoms with Crippen LogP contribution in [-0.4, -0.2) is 45.0 Å². The molecule has 25 heavy (non-hydrogen) atoms. The van der Waals surface area contributed by atoms with Gasteiger partial charge in [0.2, 0.25) is 5.95 Å². The van der Waals surface area contributed by atoms with E-state index >= 15 is 0 Å². The molecule has 0 amide bonds. The predicted octanol–water partition coefficient (Wildman–Crippen LogP) is 1.77. The van der Waals surface area contributed by atoms with Gasteiger partial charge in [0.1, 0.15) is 24.0 Å². The summed E-state index contributed by atoms with van der Waals surface area (Å²) in [6, 6.07) is 8.70. The van der Waals surface area contributed by atoms with Crippen molar-refractivity contribution >= 4 is 5.95 Å². The Bertz CT molecular complexity index is 715. The number of aliphatic hydroxyl groups excluding tert-OH is 2. The Kier molecular flexibility index (Phi) is 4.89. The number of hydrogen-bond acceptors (Lipinski definition) is 6. The molecule has 1 aromatic carbocycles. The molecule has 1 aliphatic rings. The highest BCUT2D eigenvalue weighted by Gasteiger charge is 2.40. The number of nitrogens with one attached hydrogen (secondary N) is 1. The second-order valence-electron chi connectivity index (χ2n) is 5.66. The normalized spacial score (nSPS) is 27.1. The minimum Gasteiger partial charge on any atom is -0.388 e. The average Bonchev–Trinajstić information content (AvgIpc) is 2.59. The first-order valence-corrected chi connectivity index (χ1v) is 7.56. The summed E-state index contributed by atoms with van der Waals surface area (Å²) in [5.41, 5.74) is -0.397. The molecule has 0 unspecified atom stereocenters. The predicted molar refractivity (Wildman–Crippen MR) is 81.6 cm³/mol. The van der Waals surface area contributed by atoms with Crippen molar-refractivity contribution in [2.24, 2.45) is 0 Å². The van der Waals surface area contributed by atoms with E-state index in [9.17, 15) is 23.4 Å². The van der Waals surface area contributed by atoms with E-state index in [2.05, 4.69) is 15.3 Å². The van der Waals surface area contributed by atoms with Crippen molar-refractivity contribution in [2.75, 3.05) is 11.9 Å². The van der Waals surface area contributed by atoms with Crippen LogP contribution in [0.15, 0.2) is 42.6 Å². The van der Waals surface area contributed by atoms with Crippen molar-refractivity contribution < 1.29 is 28.1 Å². The molecule has 1 aromatic heterocycles. The number of nitrogens with zero attached hydrogens (tertiary/aromatic N) is 2. The highest BCUT2D eigenvalue weighted by atomic mass is 19.4. The molecule has 0 radical (unpaired) electrons. The first-order valence-electron chi connectivity index (χ1n) is 7.56. The molecule has 2 heterocycles. The SMILES string of the molecule is O[C@@H]1[C@@H](Nc2nccc(C(F)(F)F)n2)[C@@H](c2ccccc2)OC[C@@H]1O. The van der Waals surface area contributed by atoms with E-state index < -0.39 is 36.2 Å². The highest BCUT2D eigenvalue weighted by molar-refractivity contribution is 5.32. The lowest BCUT2D eigenvalue weighted by molar-refractivity contribution is -0.141. The maximum Gasteiger partial charge on any atom is 0.433 e. The fourth-order valence-corrected chi connectivity index (χ4v) is 2.67. The molecular weight excluding hydrogens is 339 g/mol. The summed E-state index contributed by atoms with van der Waals surface area (Å²) >= 11 is 0. The van der Waals surface area contributed by atoms with Gasteiger partial charge in [-0.25, -0.2) is 9.97 Å². The van der Waals surface area contributed by atoms with E-state index in [1.807, 2.05) is 0 Å². The van der Waals surface area contributed by atoms with Gasteiger partial charge in [-0.1, -0.05) is 30.3 Å². The van der Waals surface area contributed by atoms with Gasteiger partial charge in [-0.05, 0) is 11.6 Å². The molecule has 2 aromatic rings. The van der Waals surface area contributed by atoms with Crippen LogP contribution in [0.25, 0.3) is 0 Å². The van der Waals surface area contributed by atoms with Gasteiger partial charge >= 0.3 is 6.18 Å². The third-order valence-corrected chi connectivity index (χ3v) is 3.90. The monoisotopic (exact) mass is 355 g/mol. The van der Waals surface area contributed by atoms with Gasteiger partial charge in [-0.15, -0.1) is 0 Å². The zero-order chi connectivity index (χ0) is 18.0. The van der Waals surface area contributed by atoms with E-state index in [0.717, 1.165) is 12.3 Å². The lowest BCUT2D eigenvalue weighted by Crippen LogP contribution is -2.52. The molecule has 0 saturated carbocycles. The van der Waals surface area contributed by atoms with Crippen LogP contribution < -0.4 is 5.32 Å². The first-order chi connectivity index (χ1) is 11.9. The molecule has 4 atom stereocenters. The lowest BCUT2D eigenvalue weighted by atomic mass is 9.92. The van der Waals surface area contributed by atoms with Crippen LogP contribution in [0.4, 0.5) is 19.1 Å². The first kappa shape index (κ1) is 17.6. The Morgan fingerprint density at radius 2 is 1.84 bits per heavy atom. The number of aliphatic hydroxyl groups is 2. The standard InChI is InChI=1S/C16H16F3N3O3/c17-16(18,19)11-6-7-20-15(21-11)22-12-13(24)10(23)8-25-14(12)9-4-2-1-3-5-9/h1-7,10,12-14,23-24H,8H2,(H,20,21,22)/t10-,12+,13-,14+/m0/s1. The fraction of sp³-hybridized carbons (Fsp3) is 0.375. The molecule has 3 rings (SSSR count). The molecular formula is C16H16F3N3O3. The fourth-order valence-electron chi connectivity index (χ4n) is 2.67. The maximum atomic E-state index is 12.8. The highest BCUT2D eigenvalue weighted by Crippen LogP contribution is 2.32.